The predicted octanol–water partition coefficient (Wildman–Crippen LogP) is 1.84. The number of benzene rings is 1. The minimum Gasteiger partial charge on any atom is -0.301 e. The van der Waals surface area contributed by atoms with Crippen molar-refractivity contribution in [3.05, 3.63) is 46.5 Å². The Balaban J connectivity index is 1.97. The monoisotopic (exact) mass is 375 g/mol. The van der Waals surface area contributed by atoms with E-state index >= 15 is 0 Å². The number of halogens is 2. The molecule has 0 fully saturated rings. The second-order valence-electron chi connectivity index (χ2n) is 5.12. The molecule has 1 heterocycles. The van der Waals surface area contributed by atoms with E-state index in [2.05, 4.69) is 10.3 Å². The highest BCUT2D eigenvalue weighted by atomic mass is 32.2. The summed E-state index contributed by atoms with van der Waals surface area (Å²) >= 11 is 1.17. The Morgan fingerprint density at radius 3 is 2.67 bits per heavy atom. The summed E-state index contributed by atoms with van der Waals surface area (Å²) in [6.45, 7) is -0.322. The van der Waals surface area contributed by atoms with E-state index in [0.717, 1.165) is 27.6 Å². The predicted molar refractivity (Wildman–Crippen MR) is 87.4 cm³/mol. The molecule has 1 N–H and O–H groups in total. The summed E-state index contributed by atoms with van der Waals surface area (Å²) < 4.78 is 49.5. The third kappa shape index (κ3) is 5.05. The summed E-state index contributed by atoms with van der Waals surface area (Å²) in [4.78, 5) is 16.5. The van der Waals surface area contributed by atoms with Gasteiger partial charge in [-0.15, -0.1) is 11.3 Å². The standard InChI is InChI=1S/C14H15F2N3O3S2/c1-19(24(2,21)22)8-13(20)18-14-17-7-10(23-14)5-9-3-4-11(15)12(16)6-9/h3-4,6-7H,5,8H2,1-2H3,(H,17,18,20). The number of rotatable bonds is 6. The second kappa shape index (κ2) is 7.32. The number of anilines is 1. The van der Waals surface area contributed by atoms with Crippen molar-refractivity contribution in [2.75, 3.05) is 25.2 Å². The van der Waals surface area contributed by atoms with Crippen molar-refractivity contribution in [1.29, 1.82) is 0 Å². The molecule has 2 rings (SSSR count). The third-order valence-electron chi connectivity index (χ3n) is 3.09. The maximum Gasteiger partial charge on any atom is 0.241 e. The highest BCUT2D eigenvalue weighted by molar-refractivity contribution is 7.88. The Bertz CT molecular complexity index is 853. The van der Waals surface area contributed by atoms with Gasteiger partial charge >= 0.3 is 0 Å². The van der Waals surface area contributed by atoms with Crippen molar-refractivity contribution in [3.63, 3.8) is 0 Å². The van der Waals surface area contributed by atoms with Crippen LogP contribution in [0.3, 0.4) is 0 Å². The molecule has 0 aliphatic rings. The topological polar surface area (TPSA) is 79.4 Å². The number of hydrogen-bond acceptors (Lipinski definition) is 5. The molecule has 0 unspecified atom stereocenters. The van der Waals surface area contributed by atoms with Gasteiger partial charge in [-0.05, 0) is 17.7 Å². The Labute approximate surface area is 142 Å². The zero-order chi connectivity index (χ0) is 17.9. The minimum atomic E-state index is -3.44. The van der Waals surface area contributed by atoms with E-state index in [1.165, 1.54) is 30.6 Å². The van der Waals surface area contributed by atoms with Gasteiger partial charge in [0, 0.05) is 24.5 Å². The first kappa shape index (κ1) is 18.4. The van der Waals surface area contributed by atoms with Gasteiger partial charge in [-0.2, -0.15) is 4.31 Å². The number of aromatic nitrogens is 1. The van der Waals surface area contributed by atoms with E-state index < -0.39 is 27.6 Å². The molecule has 1 aromatic heterocycles. The number of amides is 1. The Morgan fingerprint density at radius 1 is 1.33 bits per heavy atom. The van der Waals surface area contributed by atoms with Gasteiger partial charge in [-0.1, -0.05) is 6.07 Å². The molecule has 0 saturated heterocycles. The molecular weight excluding hydrogens is 360 g/mol. The van der Waals surface area contributed by atoms with E-state index in [4.69, 9.17) is 0 Å². The van der Waals surface area contributed by atoms with Gasteiger partial charge in [-0.3, -0.25) is 4.79 Å². The number of thiazole rings is 1. The van der Waals surface area contributed by atoms with Crippen LogP contribution >= 0.6 is 11.3 Å². The average Bonchev–Trinajstić information content (AvgIpc) is 2.88. The van der Waals surface area contributed by atoms with Crippen molar-refractivity contribution in [3.8, 4) is 0 Å². The summed E-state index contributed by atoms with van der Waals surface area (Å²) in [5.41, 5.74) is 0.576. The molecule has 1 aromatic carbocycles. The Hall–Kier alpha value is -1.91. The van der Waals surface area contributed by atoms with Crippen molar-refractivity contribution >= 4 is 32.4 Å². The lowest BCUT2D eigenvalue weighted by Crippen LogP contribution is -2.34. The minimum absolute atomic E-state index is 0.305. The van der Waals surface area contributed by atoms with Crippen LogP contribution in [0, 0.1) is 11.6 Å². The molecule has 130 valence electrons. The smallest absolute Gasteiger partial charge is 0.241 e. The summed E-state index contributed by atoms with van der Waals surface area (Å²) in [6, 6.07) is 3.63. The zero-order valence-electron chi connectivity index (χ0n) is 12.9. The maximum atomic E-state index is 13.2. The van der Waals surface area contributed by atoms with Crippen molar-refractivity contribution in [2.24, 2.45) is 0 Å². The lowest BCUT2D eigenvalue weighted by molar-refractivity contribution is -0.116. The number of nitrogens with zero attached hydrogens (tertiary/aromatic N) is 2. The Kier molecular flexibility index (Phi) is 5.62. The quantitative estimate of drug-likeness (QED) is 0.836. The van der Waals surface area contributed by atoms with Gasteiger partial charge in [0.2, 0.25) is 15.9 Å². The SMILES string of the molecule is CN(CC(=O)Nc1ncc(Cc2ccc(F)c(F)c2)s1)S(C)(=O)=O. The number of nitrogens with one attached hydrogen (secondary N) is 1. The molecule has 0 aliphatic carbocycles. The van der Waals surface area contributed by atoms with E-state index in [1.807, 2.05) is 0 Å². The van der Waals surface area contributed by atoms with Gasteiger partial charge in [0.25, 0.3) is 0 Å². The fourth-order valence-corrected chi connectivity index (χ4v) is 2.99. The summed E-state index contributed by atoms with van der Waals surface area (Å²) in [7, 11) is -2.15. The molecule has 0 aliphatic heterocycles. The number of likely N-dealkylation sites (N-methyl/N-ethyl adjacent to an activating group) is 1. The largest absolute Gasteiger partial charge is 0.301 e. The van der Waals surface area contributed by atoms with Gasteiger partial charge < -0.3 is 5.32 Å². The first-order valence-corrected chi connectivity index (χ1v) is 9.41. The number of sulfonamides is 1. The van der Waals surface area contributed by atoms with E-state index in [0.29, 0.717) is 17.1 Å². The molecule has 0 atom stereocenters. The van der Waals surface area contributed by atoms with E-state index in [-0.39, 0.29) is 6.54 Å². The van der Waals surface area contributed by atoms with Crippen LogP contribution in [-0.2, 0) is 21.2 Å². The first-order valence-electron chi connectivity index (χ1n) is 6.75. The van der Waals surface area contributed by atoms with Crippen LogP contribution in [0.2, 0.25) is 0 Å². The van der Waals surface area contributed by atoms with Crippen LogP contribution in [0.15, 0.2) is 24.4 Å². The fraction of sp³-hybridized carbons (Fsp3) is 0.286. The van der Waals surface area contributed by atoms with Crippen molar-refractivity contribution in [1.82, 2.24) is 9.29 Å². The molecule has 10 heteroatoms. The van der Waals surface area contributed by atoms with Crippen LogP contribution < -0.4 is 5.32 Å². The number of hydrogen-bond donors (Lipinski definition) is 1. The lowest BCUT2D eigenvalue weighted by Gasteiger charge is -2.12. The zero-order valence-corrected chi connectivity index (χ0v) is 14.5. The summed E-state index contributed by atoms with van der Waals surface area (Å²) in [5.74, 6) is -2.35. The normalized spacial score (nSPS) is 11.7. The van der Waals surface area contributed by atoms with Gasteiger partial charge in [-0.25, -0.2) is 22.2 Å². The molecule has 0 radical (unpaired) electrons. The maximum absolute atomic E-state index is 13.2. The second-order valence-corrected chi connectivity index (χ2v) is 8.33. The van der Waals surface area contributed by atoms with Gasteiger partial charge in [0.1, 0.15) is 0 Å². The van der Waals surface area contributed by atoms with Gasteiger partial charge in [0.15, 0.2) is 16.8 Å². The Morgan fingerprint density at radius 2 is 2.04 bits per heavy atom. The summed E-state index contributed by atoms with van der Waals surface area (Å²) in [6.07, 6.45) is 2.86. The van der Waals surface area contributed by atoms with Crippen LogP contribution in [0.25, 0.3) is 0 Å². The van der Waals surface area contributed by atoms with Crippen LogP contribution in [0.5, 0.6) is 0 Å². The highest BCUT2D eigenvalue weighted by Crippen LogP contribution is 2.22. The molecule has 6 nitrogen and oxygen atoms in total. The van der Waals surface area contributed by atoms with Crippen LogP contribution in [0.1, 0.15) is 10.4 Å². The van der Waals surface area contributed by atoms with Gasteiger partial charge in [0.05, 0.1) is 12.8 Å². The van der Waals surface area contributed by atoms with E-state index in [9.17, 15) is 22.0 Å². The van der Waals surface area contributed by atoms with E-state index in [1.54, 1.807) is 0 Å². The van der Waals surface area contributed by atoms with Crippen LogP contribution in [0.4, 0.5) is 13.9 Å². The highest BCUT2D eigenvalue weighted by Gasteiger charge is 2.16. The molecule has 0 bridgehead atoms. The van der Waals surface area contributed by atoms with Crippen molar-refractivity contribution < 1.29 is 22.0 Å². The molecule has 1 amide bonds. The third-order valence-corrected chi connectivity index (χ3v) is 5.27. The lowest BCUT2D eigenvalue weighted by atomic mass is 10.1. The fourth-order valence-electron chi connectivity index (χ4n) is 1.78. The average molecular weight is 375 g/mol. The molecule has 2 aromatic rings. The van der Waals surface area contributed by atoms with Crippen LogP contribution in [-0.4, -0.2) is 43.5 Å². The molecule has 0 saturated carbocycles. The molecule has 24 heavy (non-hydrogen) atoms. The molecular formula is C14H15F2N3O3S2. The van der Waals surface area contributed by atoms with Crippen molar-refractivity contribution in [2.45, 2.75) is 6.42 Å². The molecule has 0 spiro atoms. The summed E-state index contributed by atoms with van der Waals surface area (Å²) in [5, 5.41) is 2.80. The number of carbonyl (C=O) groups excluding carboxylic acids is 1. The first-order chi connectivity index (χ1) is 11.1. The number of carbonyl (C=O) groups is 1.